The van der Waals surface area contributed by atoms with Gasteiger partial charge in [0.2, 0.25) is 11.8 Å². The quantitative estimate of drug-likeness (QED) is 0.115. The highest BCUT2D eigenvalue weighted by Crippen LogP contribution is 2.44. The fourth-order valence-corrected chi connectivity index (χ4v) is 8.70. The summed E-state index contributed by atoms with van der Waals surface area (Å²) < 4.78 is 30.5. The van der Waals surface area contributed by atoms with Gasteiger partial charge < -0.3 is 19.8 Å². The molecule has 0 saturated carbocycles. The number of hydrogen-bond acceptors (Lipinski definition) is 5. The fourth-order valence-electron chi connectivity index (χ4n) is 8.70. The first-order chi connectivity index (χ1) is 28.6. The lowest BCUT2D eigenvalue weighted by atomic mass is 9.89. The van der Waals surface area contributed by atoms with E-state index >= 15 is 8.78 Å². The number of benzene rings is 4. The number of aromatic amines is 2. The smallest absolute Gasteiger partial charge is 0.267 e. The number of alkyl halides is 2. The van der Waals surface area contributed by atoms with Gasteiger partial charge in [-0.1, -0.05) is 124 Å². The number of carbonyl (C=O) groups is 2. The van der Waals surface area contributed by atoms with Crippen LogP contribution in [0.1, 0.15) is 79.7 Å². The second-order valence-corrected chi connectivity index (χ2v) is 15.7. The largest absolute Gasteiger partial charge is 0.344 e. The van der Waals surface area contributed by atoms with E-state index in [-0.39, 0.29) is 11.8 Å². The molecule has 4 aromatic carbocycles. The van der Waals surface area contributed by atoms with Crippen LogP contribution in [0.4, 0.5) is 8.78 Å². The van der Waals surface area contributed by atoms with Gasteiger partial charge in [0, 0.05) is 24.2 Å². The van der Waals surface area contributed by atoms with Crippen molar-refractivity contribution in [3.8, 4) is 33.6 Å². The van der Waals surface area contributed by atoms with Crippen molar-refractivity contribution < 1.29 is 18.4 Å². The van der Waals surface area contributed by atoms with E-state index in [1.165, 1.54) is 4.90 Å². The molecule has 1 saturated heterocycles. The molecule has 6 aromatic rings. The van der Waals surface area contributed by atoms with Crippen molar-refractivity contribution in [2.24, 2.45) is 0 Å². The summed E-state index contributed by atoms with van der Waals surface area (Å²) in [7, 11) is 0. The first kappa shape index (κ1) is 39.9. The van der Waals surface area contributed by atoms with E-state index in [0.717, 1.165) is 74.7 Å². The Hall–Kier alpha value is -5.94. The Labute approximate surface area is 344 Å². The Morgan fingerprint density at radius 2 is 1.56 bits per heavy atom. The van der Waals surface area contributed by atoms with Crippen LogP contribution < -0.4 is 0 Å². The molecule has 8 rings (SSSR count). The summed E-state index contributed by atoms with van der Waals surface area (Å²) in [6.45, 7) is 7.70. The summed E-state index contributed by atoms with van der Waals surface area (Å²) in [5.74, 6) is -2.12. The lowest BCUT2D eigenvalue weighted by molar-refractivity contribution is -0.139. The molecule has 304 valence electrons. The Kier molecular flexibility index (Phi) is 11.6. The topological polar surface area (TPSA) is 101 Å². The van der Waals surface area contributed by atoms with Crippen molar-refractivity contribution in [1.82, 2.24) is 34.6 Å². The second kappa shape index (κ2) is 17.1. The van der Waals surface area contributed by atoms with Crippen molar-refractivity contribution in [1.29, 1.82) is 0 Å². The zero-order valence-electron chi connectivity index (χ0n) is 33.9. The predicted octanol–water partition coefficient (Wildman–Crippen LogP) is 9.21. The lowest BCUT2D eigenvalue weighted by Crippen LogP contribution is -2.43. The number of amides is 2. The molecular weight excluding hydrogens is 745 g/mol. The summed E-state index contributed by atoms with van der Waals surface area (Å²) in [5.41, 5.74) is 9.60. The van der Waals surface area contributed by atoms with Crippen LogP contribution in [0.2, 0.25) is 0 Å². The number of nitrogens with zero attached hydrogens (tertiary/aromatic N) is 5. The number of imidazole rings is 2. The molecule has 1 fully saturated rings. The monoisotopic (exact) mass is 795 g/mol. The molecule has 9 nitrogen and oxygen atoms in total. The van der Waals surface area contributed by atoms with Gasteiger partial charge in [0.15, 0.2) is 0 Å². The van der Waals surface area contributed by atoms with E-state index in [1.54, 1.807) is 0 Å². The summed E-state index contributed by atoms with van der Waals surface area (Å²) in [6.07, 6.45) is 4.03. The maximum atomic E-state index is 15.3. The molecule has 2 amide bonds. The lowest BCUT2D eigenvalue weighted by Gasteiger charge is -2.34. The van der Waals surface area contributed by atoms with Crippen LogP contribution in [-0.4, -0.2) is 78.6 Å². The van der Waals surface area contributed by atoms with Gasteiger partial charge in [-0.05, 0) is 65.7 Å². The number of hydrogen-bond donors (Lipinski definition) is 2. The summed E-state index contributed by atoms with van der Waals surface area (Å²) in [6, 6.07) is 32.4. The number of nitrogens with one attached hydrogen (secondary N) is 2. The van der Waals surface area contributed by atoms with E-state index in [9.17, 15) is 9.59 Å². The van der Waals surface area contributed by atoms with Gasteiger partial charge in [0.25, 0.3) is 5.92 Å². The van der Waals surface area contributed by atoms with Crippen LogP contribution >= 0.6 is 0 Å². The molecule has 1 aliphatic heterocycles. The first-order valence-electron chi connectivity index (χ1n) is 20.8. The van der Waals surface area contributed by atoms with Gasteiger partial charge in [-0.3, -0.25) is 14.5 Å². The van der Waals surface area contributed by atoms with E-state index in [1.807, 2.05) is 90.5 Å². The summed E-state index contributed by atoms with van der Waals surface area (Å²) >= 11 is 0. The Balaban J connectivity index is 0.981. The number of aromatic nitrogens is 4. The Morgan fingerprint density at radius 3 is 2.27 bits per heavy atom. The van der Waals surface area contributed by atoms with Gasteiger partial charge in [-0.15, -0.1) is 0 Å². The van der Waals surface area contributed by atoms with Crippen LogP contribution in [0.5, 0.6) is 0 Å². The van der Waals surface area contributed by atoms with Crippen LogP contribution in [0.25, 0.3) is 33.6 Å². The standard InChI is InChI=1S/C48H51F2N7O2/c1-4-25-56(43(58)26-32-13-9-7-10-14-32)30-42-51-29-40(52-42)34-19-17-33(18-20-34)36-21-23-38-37(27-36)22-24-39-44(38)54-46(53-39)41-28-48(49,50)31-57(41)47(59)45(55(5-2)6-3)35-15-11-8-12-16-35/h7-21,23,27,29,41,45H,4-6,22,24-26,28,30-31H2,1-3H3,(H,51,52)(H,53,54)/t41-,45+/m0/s1. The molecule has 11 heteroatoms. The number of fused-ring (bicyclic) bond motifs is 3. The number of aryl methyl sites for hydroxylation is 2. The molecule has 3 heterocycles. The first-order valence-corrected chi connectivity index (χ1v) is 20.8. The zero-order valence-corrected chi connectivity index (χ0v) is 33.9. The average molecular weight is 796 g/mol. The van der Waals surface area contributed by atoms with E-state index in [2.05, 4.69) is 64.3 Å². The van der Waals surface area contributed by atoms with Crippen LogP contribution in [0.15, 0.2) is 109 Å². The minimum Gasteiger partial charge on any atom is -0.344 e. The maximum Gasteiger partial charge on any atom is 0.267 e. The molecule has 0 spiro atoms. The van der Waals surface area contributed by atoms with Gasteiger partial charge in [-0.25, -0.2) is 18.7 Å². The third-order valence-electron chi connectivity index (χ3n) is 11.7. The van der Waals surface area contributed by atoms with Crippen molar-refractivity contribution in [3.63, 3.8) is 0 Å². The van der Waals surface area contributed by atoms with Crippen molar-refractivity contribution in [2.45, 2.75) is 77.4 Å². The van der Waals surface area contributed by atoms with Gasteiger partial charge in [-0.2, -0.15) is 0 Å². The normalized spacial score (nSPS) is 16.2. The third-order valence-corrected chi connectivity index (χ3v) is 11.7. The average Bonchev–Trinajstić information content (AvgIpc) is 4.00. The maximum absolute atomic E-state index is 15.3. The van der Waals surface area contributed by atoms with Crippen molar-refractivity contribution in [2.75, 3.05) is 26.2 Å². The molecule has 1 aliphatic carbocycles. The van der Waals surface area contributed by atoms with E-state index in [0.29, 0.717) is 44.8 Å². The molecule has 0 radical (unpaired) electrons. The second-order valence-electron chi connectivity index (χ2n) is 15.7. The molecule has 2 N–H and O–H groups in total. The molecule has 59 heavy (non-hydrogen) atoms. The number of H-pyrrole nitrogens is 2. The molecule has 2 aliphatic rings. The molecule has 2 atom stereocenters. The minimum absolute atomic E-state index is 0.0783. The highest BCUT2D eigenvalue weighted by Gasteiger charge is 2.50. The van der Waals surface area contributed by atoms with Crippen molar-refractivity contribution >= 4 is 11.8 Å². The predicted molar refractivity (Wildman–Crippen MR) is 226 cm³/mol. The number of likely N-dealkylation sites (tertiary alicyclic amines) is 1. The number of rotatable bonds is 14. The van der Waals surface area contributed by atoms with E-state index in [4.69, 9.17) is 4.98 Å². The number of likely N-dealkylation sites (N-methyl/N-ethyl adjacent to an activating group) is 1. The van der Waals surface area contributed by atoms with Crippen LogP contribution in [0, 0.1) is 0 Å². The molecule has 2 aromatic heterocycles. The zero-order chi connectivity index (χ0) is 41.1. The van der Waals surface area contributed by atoms with Crippen LogP contribution in [0.3, 0.4) is 0 Å². The van der Waals surface area contributed by atoms with E-state index < -0.39 is 31.0 Å². The highest BCUT2D eigenvalue weighted by atomic mass is 19.3. The minimum atomic E-state index is -3.03. The summed E-state index contributed by atoms with van der Waals surface area (Å²) in [5, 5.41) is 0. The van der Waals surface area contributed by atoms with Gasteiger partial charge in [0.1, 0.15) is 17.7 Å². The third kappa shape index (κ3) is 8.48. The molecular formula is C48H51F2N7O2. The molecule has 0 bridgehead atoms. The highest BCUT2D eigenvalue weighted by molar-refractivity contribution is 5.84. The number of halogens is 2. The number of carbonyl (C=O) groups excluding carboxylic acids is 2. The van der Waals surface area contributed by atoms with Gasteiger partial charge in [0.05, 0.1) is 43.1 Å². The van der Waals surface area contributed by atoms with Gasteiger partial charge >= 0.3 is 0 Å². The van der Waals surface area contributed by atoms with Crippen molar-refractivity contribution in [3.05, 3.63) is 143 Å². The summed E-state index contributed by atoms with van der Waals surface area (Å²) in [4.78, 5) is 49.1. The SMILES string of the molecule is CCCN(Cc1ncc(-c2ccc(-c3ccc4c(c3)CCc3[nH]c([C@@H]5CC(F)(F)CN5C(=O)[C@@H](c5ccccc5)N(CC)CC)nc3-4)cc2)[nH]1)C(=O)Cc1ccccc1. The Bertz CT molecular complexity index is 2390. The molecule has 0 unspecified atom stereocenters. The van der Waals surface area contributed by atoms with Crippen LogP contribution in [-0.2, 0) is 35.4 Å². The Morgan fingerprint density at radius 1 is 0.864 bits per heavy atom. The fraction of sp³-hybridized carbons (Fsp3) is 0.333.